The van der Waals surface area contributed by atoms with Gasteiger partial charge in [-0.15, -0.1) is 0 Å². The fourth-order valence-electron chi connectivity index (χ4n) is 21.0. The minimum absolute atomic E-state index is 1.23. The molecule has 0 bridgehead atoms. The molecule has 0 aliphatic heterocycles. The van der Waals surface area contributed by atoms with Gasteiger partial charge in [0.1, 0.15) is 0 Å². The maximum Gasteiger partial charge on any atom is -0.00139 e. The van der Waals surface area contributed by atoms with Crippen molar-refractivity contribution in [3.63, 3.8) is 0 Å². The van der Waals surface area contributed by atoms with Crippen molar-refractivity contribution in [2.45, 2.75) is 0 Å². The summed E-state index contributed by atoms with van der Waals surface area (Å²) < 4.78 is 0. The number of hydrogen-bond donors (Lipinski definition) is 0. The van der Waals surface area contributed by atoms with E-state index in [1.54, 1.807) is 0 Å². The molecule has 128 heavy (non-hydrogen) atoms. The highest BCUT2D eigenvalue weighted by molar-refractivity contribution is 6.29. The van der Waals surface area contributed by atoms with Crippen LogP contribution in [0.15, 0.2) is 497 Å². The summed E-state index contributed by atoms with van der Waals surface area (Å²) in [5.41, 5.74) is 22.9. The van der Waals surface area contributed by atoms with Crippen LogP contribution in [-0.2, 0) is 0 Å². The Kier molecular flexibility index (Phi) is 18.7. The summed E-state index contributed by atoms with van der Waals surface area (Å²) in [6.07, 6.45) is 0. The minimum Gasteiger partial charge on any atom is -0.0622 e. The molecule has 0 heterocycles. The Morgan fingerprint density at radius 2 is 0.328 bits per heavy atom. The van der Waals surface area contributed by atoms with E-state index < -0.39 is 0 Å². The van der Waals surface area contributed by atoms with Crippen LogP contribution in [0.1, 0.15) is 0 Å². The van der Waals surface area contributed by atoms with Gasteiger partial charge < -0.3 is 0 Å². The van der Waals surface area contributed by atoms with Gasteiger partial charge in [-0.1, -0.05) is 467 Å². The molecule has 26 aromatic rings. The Bertz CT molecular complexity index is 8770. The van der Waals surface area contributed by atoms with Crippen molar-refractivity contribution >= 4 is 151 Å². The zero-order valence-electron chi connectivity index (χ0n) is 70.3. The lowest BCUT2D eigenvalue weighted by Gasteiger charge is -2.21. The van der Waals surface area contributed by atoms with E-state index in [1.165, 1.54) is 251 Å². The maximum atomic E-state index is 2.42. The number of benzene rings is 26. The third-order valence-corrected chi connectivity index (χ3v) is 26.7. The molecule has 0 spiro atoms. The van der Waals surface area contributed by atoms with Gasteiger partial charge in [0.2, 0.25) is 0 Å². The van der Waals surface area contributed by atoms with E-state index in [0.29, 0.717) is 0 Å². The van der Waals surface area contributed by atoms with Crippen molar-refractivity contribution in [1.82, 2.24) is 0 Å². The molecule has 0 fully saturated rings. The molecular weight excluding hydrogens is 1540 g/mol. The molecule has 0 atom stereocenters. The molecular formula is C128H82. The number of hydrogen-bond acceptors (Lipinski definition) is 0. The Hall–Kier alpha value is -16.6. The Morgan fingerprint density at radius 3 is 0.750 bits per heavy atom. The molecule has 0 N–H and O–H groups in total. The molecule has 0 nitrogen and oxygen atoms in total. The van der Waals surface area contributed by atoms with Crippen LogP contribution in [0.25, 0.3) is 251 Å². The lowest BCUT2D eigenvalue weighted by atomic mass is 9.82. The van der Waals surface area contributed by atoms with Crippen molar-refractivity contribution in [3.8, 4) is 100 Å². The van der Waals surface area contributed by atoms with Crippen LogP contribution in [0.5, 0.6) is 0 Å². The molecule has 26 rings (SSSR count). The molecule has 0 aromatic heterocycles. The SMILES string of the molecule is c1ccc(-c2ccc3ccccc3c2-c2c3ccccc3c(-c3ccc4ccccc4c3)c3ccccc23)cc1.c1ccc2cc(-c3c4ccccc4c(-c4cc(-c5cccc6ccccc56)cc5ccccc45)c4ccccc34)ccc2c1.c1ccc2cc(-c3c4ccccc4c(-c4ccc(-c5cccc6ccccc56)c5ccccc45)c4ccccc34)ccc2c1. The van der Waals surface area contributed by atoms with E-state index in [9.17, 15) is 0 Å². The Labute approximate surface area is 743 Å². The fraction of sp³-hybridized carbons (Fsp3) is 0. The summed E-state index contributed by atoms with van der Waals surface area (Å²) in [6.45, 7) is 0. The normalized spacial score (nSPS) is 11.6. The second-order valence-electron chi connectivity index (χ2n) is 33.8. The number of fused-ring (bicyclic) bond motifs is 14. The maximum absolute atomic E-state index is 2.42. The third kappa shape index (κ3) is 13.0. The van der Waals surface area contributed by atoms with Crippen LogP contribution < -0.4 is 0 Å². The molecule has 0 saturated carbocycles. The van der Waals surface area contributed by atoms with Gasteiger partial charge in [0.25, 0.3) is 0 Å². The van der Waals surface area contributed by atoms with E-state index in [2.05, 4.69) is 497 Å². The second-order valence-corrected chi connectivity index (χ2v) is 33.8. The van der Waals surface area contributed by atoms with Gasteiger partial charge >= 0.3 is 0 Å². The van der Waals surface area contributed by atoms with Crippen LogP contribution in [0, 0.1) is 0 Å². The van der Waals surface area contributed by atoms with Crippen molar-refractivity contribution in [2.75, 3.05) is 0 Å². The molecule has 594 valence electrons. The predicted octanol–water partition coefficient (Wildman–Crippen LogP) is 36.2. The van der Waals surface area contributed by atoms with E-state index in [-0.39, 0.29) is 0 Å². The fourth-order valence-corrected chi connectivity index (χ4v) is 21.0. The lowest BCUT2D eigenvalue weighted by molar-refractivity contribution is 1.63. The van der Waals surface area contributed by atoms with Crippen LogP contribution >= 0.6 is 0 Å². The summed E-state index contributed by atoms with van der Waals surface area (Å²) >= 11 is 0. The molecule has 0 aliphatic carbocycles. The molecule has 0 aliphatic rings. The molecule has 26 aromatic carbocycles. The van der Waals surface area contributed by atoms with E-state index in [1.807, 2.05) is 0 Å². The van der Waals surface area contributed by atoms with Crippen LogP contribution in [0.2, 0.25) is 0 Å². The van der Waals surface area contributed by atoms with Crippen LogP contribution in [0.4, 0.5) is 0 Å². The predicted molar refractivity (Wildman–Crippen MR) is 553 cm³/mol. The molecule has 0 heteroatoms. The lowest BCUT2D eigenvalue weighted by Crippen LogP contribution is -1.94. The minimum atomic E-state index is 1.23. The van der Waals surface area contributed by atoms with Gasteiger partial charge in [0.05, 0.1) is 0 Å². The van der Waals surface area contributed by atoms with Crippen LogP contribution in [0.3, 0.4) is 0 Å². The summed E-state index contributed by atoms with van der Waals surface area (Å²) in [6, 6.07) is 182. The average Bonchev–Trinajstić information content (AvgIpc) is 0.715. The van der Waals surface area contributed by atoms with Gasteiger partial charge in [-0.25, -0.2) is 0 Å². The molecule has 0 unspecified atom stereocenters. The Balaban J connectivity index is 0.000000107. The summed E-state index contributed by atoms with van der Waals surface area (Å²) in [7, 11) is 0. The van der Waals surface area contributed by atoms with Crippen molar-refractivity contribution in [3.05, 3.63) is 497 Å². The topological polar surface area (TPSA) is 0 Å². The smallest absolute Gasteiger partial charge is 0.00139 e. The van der Waals surface area contributed by atoms with Gasteiger partial charge in [0.15, 0.2) is 0 Å². The zero-order valence-corrected chi connectivity index (χ0v) is 70.3. The largest absolute Gasteiger partial charge is 0.0622 e. The van der Waals surface area contributed by atoms with Crippen molar-refractivity contribution < 1.29 is 0 Å². The van der Waals surface area contributed by atoms with Crippen LogP contribution in [-0.4, -0.2) is 0 Å². The summed E-state index contributed by atoms with van der Waals surface area (Å²) in [5, 5.41) is 35.5. The number of rotatable bonds is 9. The third-order valence-electron chi connectivity index (χ3n) is 26.7. The first kappa shape index (κ1) is 75.1. The van der Waals surface area contributed by atoms with Crippen molar-refractivity contribution in [2.24, 2.45) is 0 Å². The Morgan fingerprint density at radius 1 is 0.0781 bits per heavy atom. The average molecular weight is 1620 g/mol. The van der Waals surface area contributed by atoms with Gasteiger partial charge in [-0.2, -0.15) is 0 Å². The zero-order chi connectivity index (χ0) is 84.5. The molecule has 0 amide bonds. The standard InChI is InChI=1S/2C44H28.C40H26/c1-2-14-31-26-33(25-24-29(31)12-1)43-38-19-7-9-21-40(38)44(41-22-10-8-20-39(41)43)42-28-34(27-32-15-4-6-18-36(32)42)37-23-11-16-30-13-3-5-17-35(30)37;1-2-14-31-28-32(25-24-29(31)12-1)43-38-19-7-9-21-40(38)44(41-22-10-8-20-39(41)43)42-27-26-37(35-17-5-6-18-36(35)42)34-23-11-15-30-13-3-4-16-33(30)34;1-2-13-28(14-3-1)33-25-24-29-15-6-7-17-32(29)39(33)40-36-20-10-8-18-34(36)38(35-19-9-11-21-37(35)40)31-23-22-27-12-4-5-16-30(27)26-31/h2*1-28H;1-26H. The van der Waals surface area contributed by atoms with E-state index in [0.717, 1.165) is 0 Å². The molecule has 0 saturated heterocycles. The van der Waals surface area contributed by atoms with Crippen molar-refractivity contribution in [1.29, 1.82) is 0 Å². The highest BCUT2D eigenvalue weighted by Gasteiger charge is 2.26. The summed E-state index contributed by atoms with van der Waals surface area (Å²) in [4.78, 5) is 0. The summed E-state index contributed by atoms with van der Waals surface area (Å²) in [5.74, 6) is 0. The monoisotopic (exact) mass is 1620 g/mol. The highest BCUT2D eigenvalue weighted by Crippen LogP contribution is 2.53. The van der Waals surface area contributed by atoms with E-state index >= 15 is 0 Å². The van der Waals surface area contributed by atoms with Gasteiger partial charge in [-0.05, 0) is 281 Å². The highest BCUT2D eigenvalue weighted by atomic mass is 14.3. The second kappa shape index (κ2) is 31.9. The first-order valence-corrected chi connectivity index (χ1v) is 44.4. The van der Waals surface area contributed by atoms with Gasteiger partial charge in [0, 0.05) is 0 Å². The van der Waals surface area contributed by atoms with E-state index in [4.69, 9.17) is 0 Å². The quantitative estimate of drug-likeness (QED) is 0.126. The first-order valence-electron chi connectivity index (χ1n) is 44.4. The first-order chi connectivity index (χ1) is 63.5. The molecule has 0 radical (unpaired) electrons. The van der Waals surface area contributed by atoms with Gasteiger partial charge in [-0.3, -0.25) is 0 Å².